The van der Waals surface area contributed by atoms with Gasteiger partial charge in [-0.05, 0) is 60.7 Å². The number of fused-ring (bicyclic) bond motifs is 7. The van der Waals surface area contributed by atoms with Crippen LogP contribution in [0.2, 0.25) is 0 Å². The molecule has 2 heterocycles. The van der Waals surface area contributed by atoms with Gasteiger partial charge in [-0.2, -0.15) is 0 Å². The number of allylic oxidation sites excluding steroid dienone is 2. The Balaban J connectivity index is 2.04. The molecule has 0 fully saturated rings. The van der Waals surface area contributed by atoms with Crippen molar-refractivity contribution in [3.63, 3.8) is 0 Å². The minimum Gasteiger partial charge on any atom is -0.493 e. The van der Waals surface area contributed by atoms with Gasteiger partial charge >= 0.3 is 0 Å². The van der Waals surface area contributed by atoms with E-state index in [1.165, 1.54) is 0 Å². The van der Waals surface area contributed by atoms with Crippen LogP contribution in [-0.4, -0.2) is 20.0 Å². The number of aryl methyl sites for hydroxylation is 2. The highest BCUT2D eigenvalue weighted by molar-refractivity contribution is 5.90. The van der Waals surface area contributed by atoms with E-state index in [2.05, 4.69) is 0 Å². The molecule has 0 unspecified atom stereocenters. The molecule has 26 heavy (non-hydrogen) atoms. The Morgan fingerprint density at radius 2 is 1.65 bits per heavy atom. The molecule has 0 amide bonds. The van der Waals surface area contributed by atoms with Gasteiger partial charge in [0, 0.05) is 12.1 Å². The molecule has 0 spiro atoms. The summed E-state index contributed by atoms with van der Waals surface area (Å²) in [5.41, 5.74) is 8.67. The Kier molecular flexibility index (Phi) is 5.46. The summed E-state index contributed by atoms with van der Waals surface area (Å²) in [6.45, 7) is 0. The zero-order valence-electron chi connectivity index (χ0n) is 15.1. The topological polar surface area (TPSA) is 70.8 Å². The van der Waals surface area contributed by atoms with E-state index in [9.17, 15) is 4.79 Å². The maximum absolute atomic E-state index is 12.2. The van der Waals surface area contributed by atoms with Gasteiger partial charge in [-0.25, -0.2) is 0 Å². The van der Waals surface area contributed by atoms with Crippen LogP contribution in [0.4, 0.5) is 0 Å². The fourth-order valence-corrected chi connectivity index (χ4v) is 2.96. The molecule has 4 bridgehead atoms. The number of rotatable bonds is 2. The fraction of sp³-hybridized carbons (Fsp3) is 0.286. The van der Waals surface area contributed by atoms with Crippen LogP contribution < -0.4 is 19.9 Å². The molecule has 0 aliphatic carbocycles. The predicted molar refractivity (Wildman–Crippen MR) is 100.0 cm³/mol. The number of hydrogen-bond acceptors (Lipinski definition) is 5. The maximum Gasteiger partial charge on any atom is 0.203 e. The first-order valence-electron chi connectivity index (χ1n) is 8.59. The summed E-state index contributed by atoms with van der Waals surface area (Å²) in [5.74, 6) is 2.39. The summed E-state index contributed by atoms with van der Waals surface area (Å²) in [5, 5.41) is 0. The lowest BCUT2D eigenvalue weighted by Crippen LogP contribution is -2.05. The molecule has 2 aromatic carbocycles. The van der Waals surface area contributed by atoms with Gasteiger partial charge in [0.25, 0.3) is 0 Å². The zero-order chi connectivity index (χ0) is 18.5. The first-order valence-corrected chi connectivity index (χ1v) is 8.59. The van der Waals surface area contributed by atoms with Gasteiger partial charge in [0.2, 0.25) is 5.75 Å². The Morgan fingerprint density at radius 3 is 2.35 bits per heavy atom. The first kappa shape index (κ1) is 17.9. The van der Waals surface area contributed by atoms with Crippen LogP contribution in [-0.2, 0) is 17.6 Å². The highest BCUT2D eigenvalue weighted by atomic mass is 16.5. The van der Waals surface area contributed by atoms with Crippen LogP contribution in [0.1, 0.15) is 24.0 Å². The van der Waals surface area contributed by atoms with Gasteiger partial charge in [-0.1, -0.05) is 12.1 Å². The van der Waals surface area contributed by atoms with Crippen LogP contribution in [0.25, 0.3) is 0 Å². The van der Waals surface area contributed by atoms with E-state index in [-0.39, 0.29) is 5.78 Å². The normalized spacial score (nSPS) is 16.7. The van der Waals surface area contributed by atoms with E-state index in [4.69, 9.17) is 19.9 Å². The molecular formula is C21H23NO4. The van der Waals surface area contributed by atoms with Gasteiger partial charge in [0.05, 0.1) is 14.2 Å². The highest BCUT2D eigenvalue weighted by Gasteiger charge is 2.16. The molecular weight excluding hydrogens is 330 g/mol. The lowest BCUT2D eigenvalue weighted by molar-refractivity contribution is -0.114. The average molecular weight is 353 g/mol. The van der Waals surface area contributed by atoms with Gasteiger partial charge in [0.1, 0.15) is 5.75 Å². The van der Waals surface area contributed by atoms with Crippen molar-refractivity contribution in [1.82, 2.24) is 0 Å². The third-order valence-electron chi connectivity index (χ3n) is 4.36. The van der Waals surface area contributed by atoms with Crippen molar-refractivity contribution in [1.29, 1.82) is 0 Å². The van der Waals surface area contributed by atoms with Crippen LogP contribution in [0.3, 0.4) is 0 Å². The van der Waals surface area contributed by atoms with Crippen LogP contribution in [0, 0.1) is 0 Å². The van der Waals surface area contributed by atoms with E-state index in [1.54, 1.807) is 20.3 Å². The molecule has 0 atom stereocenters. The lowest BCUT2D eigenvalue weighted by Gasteiger charge is -2.15. The second-order valence-electron chi connectivity index (χ2n) is 6.26. The predicted octanol–water partition coefficient (Wildman–Crippen LogP) is 3.79. The zero-order valence-corrected chi connectivity index (χ0v) is 15.1. The Hall–Kier alpha value is -2.95. The van der Waals surface area contributed by atoms with Crippen molar-refractivity contribution in [2.45, 2.75) is 25.7 Å². The van der Waals surface area contributed by atoms with Crippen molar-refractivity contribution in [3.05, 3.63) is 59.3 Å². The number of ketones is 1. The molecule has 2 aromatic rings. The lowest BCUT2D eigenvalue weighted by atomic mass is 10.0. The fourth-order valence-electron chi connectivity index (χ4n) is 2.96. The summed E-state index contributed by atoms with van der Waals surface area (Å²) in [6.07, 6.45) is 3.92. The molecule has 2 aliphatic rings. The minimum atomic E-state index is 0.0179. The van der Waals surface area contributed by atoms with Crippen molar-refractivity contribution < 1.29 is 19.0 Å². The Labute approximate surface area is 153 Å². The molecule has 2 N–H and O–H groups in total. The molecule has 5 nitrogen and oxygen atoms in total. The number of benzene rings is 2. The van der Waals surface area contributed by atoms with Crippen molar-refractivity contribution in [2.24, 2.45) is 5.73 Å². The maximum atomic E-state index is 12.2. The molecule has 2 aliphatic heterocycles. The third kappa shape index (κ3) is 4.17. The Bertz CT molecular complexity index is 825. The van der Waals surface area contributed by atoms with Crippen LogP contribution >= 0.6 is 0 Å². The smallest absolute Gasteiger partial charge is 0.203 e. The van der Waals surface area contributed by atoms with E-state index < -0.39 is 0 Å². The summed E-state index contributed by atoms with van der Waals surface area (Å²) in [6, 6.07) is 11.6. The standard InChI is InChI=1S/C21H23NO4/c1-24-19-11-15-4-8-17(23)13-16(22)7-3-14-5-9-18(10-6-14)26-20(12-15)21(19)25-2/h5-6,9-13H,3-4,7-8,22H2,1-2H3/b16-13-. The molecule has 136 valence electrons. The number of carbonyl (C=O) groups excluding carboxylic acids is 1. The van der Waals surface area contributed by atoms with Crippen molar-refractivity contribution >= 4 is 5.78 Å². The van der Waals surface area contributed by atoms with Gasteiger partial charge < -0.3 is 19.9 Å². The number of hydrogen-bond donors (Lipinski definition) is 1. The number of carbonyl (C=O) groups is 1. The number of nitrogens with two attached hydrogens (primary N) is 1. The summed E-state index contributed by atoms with van der Waals surface area (Å²) in [7, 11) is 3.16. The van der Waals surface area contributed by atoms with Gasteiger partial charge in [-0.15, -0.1) is 0 Å². The van der Waals surface area contributed by atoms with E-state index in [0.717, 1.165) is 17.5 Å². The molecule has 5 heteroatoms. The highest BCUT2D eigenvalue weighted by Crippen LogP contribution is 2.41. The van der Waals surface area contributed by atoms with E-state index >= 15 is 0 Å². The van der Waals surface area contributed by atoms with Crippen molar-refractivity contribution in [3.8, 4) is 23.0 Å². The quantitative estimate of drug-likeness (QED) is 0.889. The second kappa shape index (κ2) is 7.95. The monoisotopic (exact) mass is 353 g/mol. The van der Waals surface area contributed by atoms with Crippen LogP contribution in [0.5, 0.6) is 23.0 Å². The summed E-state index contributed by atoms with van der Waals surface area (Å²) >= 11 is 0. The number of ether oxygens (including phenoxy) is 3. The van der Waals surface area contributed by atoms with Crippen LogP contribution in [0.15, 0.2) is 48.2 Å². The summed E-state index contributed by atoms with van der Waals surface area (Å²) in [4.78, 5) is 12.2. The van der Waals surface area contributed by atoms with Gasteiger partial charge in [-0.3, -0.25) is 4.79 Å². The molecule has 0 radical (unpaired) electrons. The first-order chi connectivity index (χ1) is 12.6. The minimum absolute atomic E-state index is 0.0179. The summed E-state index contributed by atoms with van der Waals surface area (Å²) < 4.78 is 16.9. The molecule has 0 saturated carbocycles. The average Bonchev–Trinajstić information content (AvgIpc) is 2.65. The molecule has 0 aromatic heterocycles. The SMILES string of the molecule is COc1cc2cc(c1OC)Oc1ccc(cc1)CC/C(N)=C/C(=O)CC2. The van der Waals surface area contributed by atoms with E-state index in [0.29, 0.717) is 48.0 Å². The van der Waals surface area contributed by atoms with Gasteiger partial charge in [0.15, 0.2) is 17.3 Å². The Morgan fingerprint density at radius 1 is 0.923 bits per heavy atom. The third-order valence-corrected chi connectivity index (χ3v) is 4.36. The molecule has 0 saturated heterocycles. The molecule has 4 rings (SSSR count). The second-order valence-corrected chi connectivity index (χ2v) is 6.26. The van der Waals surface area contributed by atoms with E-state index in [1.807, 2.05) is 36.4 Å². The largest absolute Gasteiger partial charge is 0.493 e. The number of methoxy groups -OCH3 is 2. The van der Waals surface area contributed by atoms with Crippen molar-refractivity contribution in [2.75, 3.05) is 14.2 Å².